The SMILES string of the molecule is Cc1cccc2[nH]cc(CCNC(=O)NC3CCC(CO)CC3)c12. The molecule has 0 spiro atoms. The van der Waals surface area contributed by atoms with Crippen LogP contribution < -0.4 is 10.6 Å². The molecule has 1 aromatic carbocycles. The molecule has 5 heteroatoms. The van der Waals surface area contributed by atoms with E-state index in [1.54, 1.807) is 0 Å². The normalized spacial score (nSPS) is 20.9. The standard InChI is InChI=1S/C19H27N3O2/c1-13-3-2-4-17-18(13)15(11-21-17)9-10-20-19(24)22-16-7-5-14(12-23)6-8-16/h2-4,11,14,16,21,23H,5-10,12H2,1H3,(H2,20,22,24). The zero-order chi connectivity index (χ0) is 16.9. The van der Waals surface area contributed by atoms with Crippen molar-refractivity contribution >= 4 is 16.9 Å². The molecule has 0 saturated heterocycles. The van der Waals surface area contributed by atoms with Gasteiger partial charge in [-0.05, 0) is 62.1 Å². The van der Waals surface area contributed by atoms with E-state index in [4.69, 9.17) is 5.11 Å². The van der Waals surface area contributed by atoms with Crippen LogP contribution in [-0.4, -0.2) is 35.3 Å². The molecule has 0 radical (unpaired) electrons. The van der Waals surface area contributed by atoms with Crippen LogP contribution in [0, 0.1) is 12.8 Å². The zero-order valence-electron chi connectivity index (χ0n) is 14.3. The fourth-order valence-electron chi connectivity index (χ4n) is 3.68. The first-order valence-electron chi connectivity index (χ1n) is 8.88. The van der Waals surface area contributed by atoms with Gasteiger partial charge in [-0.2, -0.15) is 0 Å². The number of rotatable bonds is 5. The molecule has 0 unspecified atom stereocenters. The molecule has 1 aliphatic rings. The van der Waals surface area contributed by atoms with Gasteiger partial charge in [0, 0.05) is 36.3 Å². The van der Waals surface area contributed by atoms with E-state index >= 15 is 0 Å². The predicted molar refractivity (Wildman–Crippen MR) is 96.1 cm³/mol. The number of carbonyl (C=O) groups is 1. The highest BCUT2D eigenvalue weighted by atomic mass is 16.3. The molecule has 0 aliphatic heterocycles. The third-order valence-electron chi connectivity index (χ3n) is 5.12. The molecule has 3 rings (SSSR count). The zero-order valence-corrected chi connectivity index (χ0v) is 14.3. The van der Waals surface area contributed by atoms with E-state index in [0.717, 1.165) is 37.6 Å². The Bertz CT molecular complexity index is 687. The van der Waals surface area contributed by atoms with E-state index in [0.29, 0.717) is 12.5 Å². The van der Waals surface area contributed by atoms with Gasteiger partial charge >= 0.3 is 6.03 Å². The van der Waals surface area contributed by atoms with Crippen LogP contribution in [0.1, 0.15) is 36.8 Å². The molecule has 24 heavy (non-hydrogen) atoms. The van der Waals surface area contributed by atoms with Gasteiger partial charge < -0.3 is 20.7 Å². The Morgan fingerprint density at radius 1 is 1.29 bits per heavy atom. The number of carbonyl (C=O) groups excluding carboxylic acids is 1. The van der Waals surface area contributed by atoms with Gasteiger partial charge in [-0.3, -0.25) is 0 Å². The van der Waals surface area contributed by atoms with Crippen LogP contribution in [0.25, 0.3) is 10.9 Å². The van der Waals surface area contributed by atoms with Gasteiger partial charge in [-0.1, -0.05) is 12.1 Å². The number of nitrogens with one attached hydrogen (secondary N) is 3. The third kappa shape index (κ3) is 3.90. The lowest BCUT2D eigenvalue weighted by Crippen LogP contribution is -2.44. The molecule has 1 aliphatic carbocycles. The van der Waals surface area contributed by atoms with Gasteiger partial charge in [0.2, 0.25) is 0 Å². The van der Waals surface area contributed by atoms with E-state index in [9.17, 15) is 4.79 Å². The molecule has 0 bridgehead atoms. The van der Waals surface area contributed by atoms with Crippen molar-refractivity contribution in [1.82, 2.24) is 15.6 Å². The lowest BCUT2D eigenvalue weighted by molar-refractivity contribution is 0.174. The van der Waals surface area contributed by atoms with Gasteiger partial charge in [0.1, 0.15) is 0 Å². The minimum absolute atomic E-state index is 0.0842. The number of fused-ring (bicyclic) bond motifs is 1. The number of aromatic nitrogens is 1. The summed E-state index contributed by atoms with van der Waals surface area (Å²) in [4.78, 5) is 15.3. The van der Waals surface area contributed by atoms with Gasteiger partial charge in [-0.15, -0.1) is 0 Å². The minimum Gasteiger partial charge on any atom is -0.396 e. The Morgan fingerprint density at radius 2 is 2.08 bits per heavy atom. The van der Waals surface area contributed by atoms with Crippen molar-refractivity contribution in [3.05, 3.63) is 35.5 Å². The number of amides is 2. The molecule has 1 heterocycles. The van der Waals surface area contributed by atoms with Gasteiger partial charge in [0.25, 0.3) is 0 Å². The van der Waals surface area contributed by atoms with Gasteiger partial charge in [0.15, 0.2) is 0 Å². The summed E-state index contributed by atoms with van der Waals surface area (Å²) in [6.45, 7) is 3.00. The van der Waals surface area contributed by atoms with Crippen molar-refractivity contribution < 1.29 is 9.90 Å². The maximum Gasteiger partial charge on any atom is 0.315 e. The number of hydrogen-bond donors (Lipinski definition) is 4. The second-order valence-corrected chi connectivity index (χ2v) is 6.86. The average molecular weight is 329 g/mol. The Labute approximate surface area is 142 Å². The summed E-state index contributed by atoms with van der Waals surface area (Å²) in [7, 11) is 0. The number of aliphatic hydroxyl groups excluding tert-OH is 1. The number of aromatic amines is 1. The Hall–Kier alpha value is -2.01. The molecule has 130 valence electrons. The number of aliphatic hydroxyl groups is 1. The largest absolute Gasteiger partial charge is 0.396 e. The topological polar surface area (TPSA) is 77.2 Å². The first-order valence-corrected chi connectivity index (χ1v) is 8.88. The molecule has 1 fully saturated rings. The fourth-order valence-corrected chi connectivity index (χ4v) is 3.68. The molecule has 1 saturated carbocycles. The summed E-state index contributed by atoms with van der Waals surface area (Å²) in [5.74, 6) is 0.413. The average Bonchev–Trinajstić information content (AvgIpc) is 3.00. The summed E-state index contributed by atoms with van der Waals surface area (Å²) in [6.07, 6.45) is 6.76. The van der Waals surface area contributed by atoms with Crippen LogP contribution in [-0.2, 0) is 6.42 Å². The summed E-state index contributed by atoms with van der Waals surface area (Å²) < 4.78 is 0. The minimum atomic E-state index is -0.0842. The first kappa shape index (κ1) is 16.8. The number of hydrogen-bond acceptors (Lipinski definition) is 2. The lowest BCUT2D eigenvalue weighted by Gasteiger charge is -2.27. The van der Waals surface area contributed by atoms with Crippen LogP contribution in [0.3, 0.4) is 0 Å². The summed E-state index contributed by atoms with van der Waals surface area (Å²) in [6, 6.07) is 6.40. The Morgan fingerprint density at radius 3 is 2.83 bits per heavy atom. The van der Waals surface area contributed by atoms with Crippen LogP contribution in [0.5, 0.6) is 0 Å². The molecular weight excluding hydrogens is 302 g/mol. The molecule has 0 atom stereocenters. The van der Waals surface area contributed by atoms with Crippen molar-refractivity contribution in [2.24, 2.45) is 5.92 Å². The fraction of sp³-hybridized carbons (Fsp3) is 0.526. The highest BCUT2D eigenvalue weighted by Crippen LogP contribution is 2.24. The van der Waals surface area contributed by atoms with Crippen LogP contribution in [0.15, 0.2) is 24.4 Å². The molecule has 1 aromatic heterocycles. The summed E-state index contributed by atoms with van der Waals surface area (Å²) in [5.41, 5.74) is 3.65. The van der Waals surface area contributed by atoms with Crippen molar-refractivity contribution in [2.45, 2.75) is 45.1 Å². The van der Waals surface area contributed by atoms with Crippen molar-refractivity contribution in [3.8, 4) is 0 Å². The Kier molecular flexibility index (Phi) is 5.41. The summed E-state index contributed by atoms with van der Waals surface area (Å²) >= 11 is 0. The number of aryl methyl sites for hydroxylation is 1. The highest BCUT2D eigenvalue weighted by molar-refractivity contribution is 5.86. The smallest absolute Gasteiger partial charge is 0.315 e. The van der Waals surface area contributed by atoms with Crippen molar-refractivity contribution in [1.29, 1.82) is 0 Å². The van der Waals surface area contributed by atoms with Gasteiger partial charge in [-0.25, -0.2) is 4.79 Å². The molecule has 5 nitrogen and oxygen atoms in total. The quantitative estimate of drug-likeness (QED) is 0.681. The second kappa shape index (κ2) is 7.71. The summed E-state index contributed by atoms with van der Waals surface area (Å²) in [5, 5.41) is 16.4. The van der Waals surface area contributed by atoms with Crippen molar-refractivity contribution in [2.75, 3.05) is 13.2 Å². The van der Waals surface area contributed by atoms with E-state index in [1.807, 2.05) is 6.20 Å². The van der Waals surface area contributed by atoms with E-state index < -0.39 is 0 Å². The highest BCUT2D eigenvalue weighted by Gasteiger charge is 2.21. The molecule has 4 N–H and O–H groups in total. The number of H-pyrrole nitrogens is 1. The third-order valence-corrected chi connectivity index (χ3v) is 5.12. The van der Waals surface area contributed by atoms with Crippen LogP contribution in [0.2, 0.25) is 0 Å². The van der Waals surface area contributed by atoms with E-state index in [-0.39, 0.29) is 18.7 Å². The lowest BCUT2D eigenvalue weighted by atomic mass is 9.87. The van der Waals surface area contributed by atoms with Crippen LogP contribution in [0.4, 0.5) is 4.79 Å². The van der Waals surface area contributed by atoms with Gasteiger partial charge in [0.05, 0.1) is 0 Å². The monoisotopic (exact) mass is 329 g/mol. The molecule has 2 amide bonds. The van der Waals surface area contributed by atoms with Crippen molar-refractivity contribution in [3.63, 3.8) is 0 Å². The number of benzene rings is 1. The van der Waals surface area contributed by atoms with E-state index in [2.05, 4.69) is 40.7 Å². The van der Waals surface area contributed by atoms with E-state index in [1.165, 1.54) is 16.5 Å². The maximum absolute atomic E-state index is 12.0. The molecular formula is C19H27N3O2. The second-order valence-electron chi connectivity index (χ2n) is 6.86. The Balaban J connectivity index is 1.45. The molecule has 2 aromatic rings. The predicted octanol–water partition coefficient (Wildman–Crippen LogP) is 2.87. The van der Waals surface area contributed by atoms with Crippen LogP contribution >= 0.6 is 0 Å². The first-order chi connectivity index (χ1) is 11.7. The number of urea groups is 1. The maximum atomic E-state index is 12.0.